The van der Waals surface area contributed by atoms with Gasteiger partial charge in [0, 0.05) is 38.9 Å². The second kappa shape index (κ2) is 6.99. The molecule has 5 nitrogen and oxygen atoms in total. The minimum Gasteiger partial charge on any atom is -0.381 e. The minimum atomic E-state index is -3.40. The second-order valence-corrected chi connectivity index (χ2v) is 9.53. The molecule has 1 N–H and O–H groups in total. The smallest absolute Gasteiger partial charge is 0.240 e. The molecule has 1 spiro atoms. The Balaban J connectivity index is 1.38. The topological polar surface area (TPSA) is 58.6 Å². The van der Waals surface area contributed by atoms with Crippen LogP contribution in [0.15, 0.2) is 35.2 Å². The molecule has 4 rings (SSSR count). The average molecular weight is 365 g/mol. The van der Waals surface area contributed by atoms with Crippen LogP contribution in [0.3, 0.4) is 0 Å². The molecule has 6 heteroatoms. The Morgan fingerprint density at radius 3 is 2.68 bits per heavy atom. The highest BCUT2D eigenvalue weighted by atomic mass is 32.2. The van der Waals surface area contributed by atoms with Gasteiger partial charge in [0.2, 0.25) is 10.0 Å². The van der Waals surface area contributed by atoms with Crippen molar-refractivity contribution < 1.29 is 13.2 Å². The van der Waals surface area contributed by atoms with E-state index in [2.05, 4.69) is 9.62 Å². The van der Waals surface area contributed by atoms with Crippen molar-refractivity contribution >= 4 is 10.0 Å². The molecule has 0 amide bonds. The third-order valence-electron chi connectivity index (χ3n) is 6.49. The number of sulfonamides is 1. The predicted octanol–water partition coefficient (Wildman–Crippen LogP) is 2.25. The molecule has 2 heterocycles. The fraction of sp³-hybridized carbons (Fsp3) is 0.684. The van der Waals surface area contributed by atoms with E-state index in [0.29, 0.717) is 22.9 Å². The fourth-order valence-corrected chi connectivity index (χ4v) is 6.33. The SMILES string of the molecule is O=S(=O)(NCCN1CC2(CCOCC2)[C@@H]2CCC[C@@H]21)c1ccccc1. The van der Waals surface area contributed by atoms with Crippen LogP contribution >= 0.6 is 0 Å². The first-order chi connectivity index (χ1) is 12.1. The molecule has 0 aromatic heterocycles. The van der Waals surface area contributed by atoms with E-state index < -0.39 is 10.0 Å². The monoisotopic (exact) mass is 364 g/mol. The van der Waals surface area contributed by atoms with Gasteiger partial charge in [-0.05, 0) is 49.1 Å². The average Bonchev–Trinajstić information content (AvgIpc) is 3.21. The van der Waals surface area contributed by atoms with E-state index in [0.717, 1.165) is 32.2 Å². The number of likely N-dealkylation sites (tertiary alicyclic amines) is 1. The summed E-state index contributed by atoms with van der Waals surface area (Å²) in [6.07, 6.45) is 6.24. The highest BCUT2D eigenvalue weighted by Crippen LogP contribution is 2.53. The van der Waals surface area contributed by atoms with Crippen molar-refractivity contribution in [3.63, 3.8) is 0 Å². The van der Waals surface area contributed by atoms with Crippen molar-refractivity contribution in [3.05, 3.63) is 30.3 Å². The van der Waals surface area contributed by atoms with Crippen molar-refractivity contribution in [1.82, 2.24) is 9.62 Å². The Bertz CT molecular complexity index is 686. The molecule has 0 radical (unpaired) electrons. The maximum absolute atomic E-state index is 12.4. The van der Waals surface area contributed by atoms with Crippen molar-refractivity contribution in [2.24, 2.45) is 11.3 Å². The molecular formula is C19H28N2O3S. The first-order valence-electron chi connectivity index (χ1n) is 9.47. The lowest BCUT2D eigenvalue weighted by atomic mass is 9.71. The van der Waals surface area contributed by atoms with E-state index >= 15 is 0 Å². The van der Waals surface area contributed by atoms with Gasteiger partial charge in [-0.2, -0.15) is 0 Å². The zero-order chi connectivity index (χ0) is 17.3. The number of benzene rings is 1. The van der Waals surface area contributed by atoms with Crippen molar-refractivity contribution in [2.75, 3.05) is 32.8 Å². The lowest BCUT2D eigenvalue weighted by Crippen LogP contribution is -2.39. The number of nitrogens with zero attached hydrogens (tertiary/aromatic N) is 1. The summed E-state index contributed by atoms with van der Waals surface area (Å²) in [4.78, 5) is 2.90. The van der Waals surface area contributed by atoms with E-state index in [9.17, 15) is 8.42 Å². The van der Waals surface area contributed by atoms with Gasteiger partial charge in [-0.3, -0.25) is 4.90 Å². The van der Waals surface area contributed by atoms with Gasteiger partial charge in [0.1, 0.15) is 0 Å². The Morgan fingerprint density at radius 1 is 1.16 bits per heavy atom. The summed E-state index contributed by atoms with van der Waals surface area (Å²) in [6, 6.07) is 9.26. The Kier molecular flexibility index (Phi) is 4.88. The van der Waals surface area contributed by atoms with Crippen LogP contribution in [0.5, 0.6) is 0 Å². The molecule has 1 aromatic carbocycles. The lowest BCUT2D eigenvalue weighted by molar-refractivity contribution is -0.00109. The van der Waals surface area contributed by atoms with E-state index in [1.54, 1.807) is 24.3 Å². The molecule has 2 atom stereocenters. The Hall–Kier alpha value is -0.950. The fourth-order valence-electron chi connectivity index (χ4n) is 5.29. The van der Waals surface area contributed by atoms with Gasteiger partial charge in [-0.15, -0.1) is 0 Å². The van der Waals surface area contributed by atoms with Crippen LogP contribution in [0, 0.1) is 11.3 Å². The lowest BCUT2D eigenvalue weighted by Gasteiger charge is -2.37. The van der Waals surface area contributed by atoms with Gasteiger partial charge in [-0.25, -0.2) is 13.1 Å². The standard InChI is InChI=1S/C19H28N2O3S/c22-25(23,16-5-2-1-3-6-16)20-11-12-21-15-19(9-13-24-14-10-19)17-7-4-8-18(17)21/h1-3,5-6,17-18,20H,4,7-15H2/t17-,18+/m1/s1. The third-order valence-corrected chi connectivity index (χ3v) is 7.96. The second-order valence-electron chi connectivity index (χ2n) is 7.76. The van der Waals surface area contributed by atoms with Crippen LogP contribution in [0.2, 0.25) is 0 Å². The van der Waals surface area contributed by atoms with Crippen LogP contribution in [0.4, 0.5) is 0 Å². The number of ether oxygens (including phenoxy) is 1. The molecule has 0 bridgehead atoms. The van der Waals surface area contributed by atoms with E-state index in [-0.39, 0.29) is 0 Å². The summed E-state index contributed by atoms with van der Waals surface area (Å²) in [6.45, 7) is 4.16. The summed E-state index contributed by atoms with van der Waals surface area (Å²) < 4.78 is 33.1. The van der Waals surface area contributed by atoms with Crippen LogP contribution in [-0.4, -0.2) is 52.2 Å². The number of fused-ring (bicyclic) bond motifs is 2. The molecule has 1 saturated carbocycles. The molecule has 1 aliphatic carbocycles. The van der Waals surface area contributed by atoms with Crippen LogP contribution in [0.1, 0.15) is 32.1 Å². The van der Waals surface area contributed by atoms with E-state index in [4.69, 9.17) is 4.74 Å². The molecule has 138 valence electrons. The first kappa shape index (κ1) is 17.5. The quantitative estimate of drug-likeness (QED) is 0.871. The number of hydrogen-bond donors (Lipinski definition) is 1. The highest BCUT2D eigenvalue weighted by Gasteiger charge is 2.53. The van der Waals surface area contributed by atoms with Gasteiger partial charge in [0.25, 0.3) is 0 Å². The molecule has 3 fully saturated rings. The number of rotatable bonds is 5. The molecular weight excluding hydrogens is 336 g/mol. The minimum absolute atomic E-state index is 0.344. The van der Waals surface area contributed by atoms with Crippen molar-refractivity contribution in [1.29, 1.82) is 0 Å². The highest BCUT2D eigenvalue weighted by molar-refractivity contribution is 7.89. The third kappa shape index (κ3) is 3.37. The molecule has 0 unspecified atom stereocenters. The molecule has 2 saturated heterocycles. The maximum Gasteiger partial charge on any atom is 0.240 e. The summed E-state index contributed by atoms with van der Waals surface area (Å²) >= 11 is 0. The normalized spacial score (nSPS) is 29.1. The number of hydrogen-bond acceptors (Lipinski definition) is 4. The maximum atomic E-state index is 12.4. The summed E-state index contributed by atoms with van der Waals surface area (Å²) in [5, 5.41) is 0. The van der Waals surface area contributed by atoms with Crippen LogP contribution in [-0.2, 0) is 14.8 Å². The number of nitrogens with one attached hydrogen (secondary N) is 1. The van der Waals surface area contributed by atoms with Crippen LogP contribution < -0.4 is 4.72 Å². The predicted molar refractivity (Wildman–Crippen MR) is 96.8 cm³/mol. The molecule has 25 heavy (non-hydrogen) atoms. The molecule has 3 aliphatic rings. The first-order valence-corrected chi connectivity index (χ1v) is 11.0. The van der Waals surface area contributed by atoms with Gasteiger partial charge in [0.05, 0.1) is 4.90 Å². The van der Waals surface area contributed by atoms with Gasteiger partial charge in [0.15, 0.2) is 0 Å². The van der Waals surface area contributed by atoms with E-state index in [1.807, 2.05) is 6.07 Å². The van der Waals surface area contributed by atoms with Crippen molar-refractivity contribution in [2.45, 2.75) is 43.0 Å². The molecule has 1 aromatic rings. The van der Waals surface area contributed by atoms with Gasteiger partial charge >= 0.3 is 0 Å². The zero-order valence-corrected chi connectivity index (χ0v) is 15.5. The summed E-state index contributed by atoms with van der Waals surface area (Å²) in [5.74, 6) is 0.780. The largest absolute Gasteiger partial charge is 0.381 e. The zero-order valence-electron chi connectivity index (χ0n) is 14.7. The van der Waals surface area contributed by atoms with E-state index in [1.165, 1.54) is 32.1 Å². The van der Waals surface area contributed by atoms with Crippen molar-refractivity contribution in [3.8, 4) is 0 Å². The van der Waals surface area contributed by atoms with Crippen LogP contribution in [0.25, 0.3) is 0 Å². The Labute approximate surface area is 150 Å². The Morgan fingerprint density at radius 2 is 1.92 bits per heavy atom. The van der Waals surface area contributed by atoms with Gasteiger partial charge < -0.3 is 4.74 Å². The van der Waals surface area contributed by atoms with Gasteiger partial charge in [-0.1, -0.05) is 24.6 Å². The summed E-state index contributed by atoms with van der Waals surface area (Å²) in [7, 11) is -3.40. The summed E-state index contributed by atoms with van der Waals surface area (Å²) in [5.41, 5.74) is 0.414. The molecule has 2 aliphatic heterocycles.